The highest BCUT2D eigenvalue weighted by Gasteiger charge is 2.38. The van der Waals surface area contributed by atoms with E-state index in [0.717, 1.165) is 28.4 Å². The Morgan fingerprint density at radius 1 is 0.193 bits per heavy atom. The minimum atomic E-state index is -0.113. The number of nitrogens with zero attached hydrogens (tertiary/aromatic N) is 2. The second-order valence-corrected chi connectivity index (χ2v) is 35.5. The highest BCUT2D eigenvalue weighted by atomic mass is 32.1. The van der Waals surface area contributed by atoms with Gasteiger partial charge >= 0.3 is 0 Å². The van der Waals surface area contributed by atoms with Gasteiger partial charge in [-0.1, -0.05) is 313 Å². The summed E-state index contributed by atoms with van der Waals surface area (Å²) in [5.41, 5.74) is 29.9. The van der Waals surface area contributed by atoms with Crippen LogP contribution in [-0.4, -0.2) is 0 Å². The van der Waals surface area contributed by atoms with Crippen LogP contribution < -0.4 is 9.80 Å². The first-order chi connectivity index (χ1) is 56.1. The third-order valence-electron chi connectivity index (χ3n) is 24.2. The van der Waals surface area contributed by atoms with E-state index < -0.39 is 0 Å². The van der Waals surface area contributed by atoms with E-state index in [1.807, 2.05) is 45.3 Å². The average molecular weight is 1530 g/mol. The zero-order chi connectivity index (χ0) is 75.9. The Bertz CT molecular complexity index is 7400. The van der Waals surface area contributed by atoms with Crippen LogP contribution in [0.1, 0.15) is 49.9 Å². The predicted molar refractivity (Wildman–Crippen MR) is 496 cm³/mol. The summed E-state index contributed by atoms with van der Waals surface area (Å²) in [6, 6.07) is 139. The SMILES string of the molecule is CC1(C)c2ccccc2-c2ccc(N(c3ccc(-c4ccc5c(sc6ccccc65)c4-c4ccccc4)cc3)c3ccc(-c4cccc5c4sc4ccccc45)cc3)cc21.CC1(C)c2ccccc2-c2ccc(N(c3ccc(-c4cccc5c4sc4ccccc45)cc3)c3ccc4c(sc5ccccc54)c3-c3ccccc3)cc21. The van der Waals surface area contributed by atoms with E-state index in [-0.39, 0.29) is 10.8 Å². The average Bonchev–Trinajstić information content (AvgIpc) is 1.55. The Balaban J connectivity index is 0.000000140. The molecule has 0 saturated carbocycles. The van der Waals surface area contributed by atoms with Crippen LogP contribution >= 0.6 is 45.3 Å². The molecule has 0 atom stereocenters. The molecule has 0 spiro atoms. The number of hydrogen-bond donors (Lipinski definition) is 0. The molecule has 21 aromatic rings. The van der Waals surface area contributed by atoms with Gasteiger partial charge in [0.2, 0.25) is 0 Å². The topological polar surface area (TPSA) is 6.48 Å². The number of anilines is 6. The van der Waals surface area contributed by atoms with Crippen molar-refractivity contribution >= 4 is 160 Å². The van der Waals surface area contributed by atoms with E-state index in [9.17, 15) is 0 Å². The van der Waals surface area contributed by atoms with Gasteiger partial charge in [-0.25, -0.2) is 0 Å². The molecule has 0 fully saturated rings. The van der Waals surface area contributed by atoms with Gasteiger partial charge in [-0.15, -0.1) is 45.3 Å². The highest BCUT2D eigenvalue weighted by molar-refractivity contribution is 7.27. The van der Waals surface area contributed by atoms with Gasteiger partial charge in [0.05, 0.1) is 5.69 Å². The molecule has 0 aliphatic heterocycles. The Hall–Kier alpha value is -12.8. The van der Waals surface area contributed by atoms with Crippen molar-refractivity contribution in [2.24, 2.45) is 0 Å². The molecule has 0 bridgehead atoms. The molecule has 2 aliphatic carbocycles. The molecule has 4 aromatic heterocycles. The van der Waals surface area contributed by atoms with Gasteiger partial charge < -0.3 is 9.80 Å². The zero-order valence-corrected chi connectivity index (χ0v) is 66.6. The molecule has 23 rings (SSSR count). The molecule has 4 heterocycles. The van der Waals surface area contributed by atoms with Crippen LogP contribution in [0.4, 0.5) is 34.1 Å². The first-order valence-corrected chi connectivity index (χ1v) is 42.5. The third-order valence-corrected chi connectivity index (χ3v) is 29.1. The lowest BCUT2D eigenvalue weighted by atomic mass is 9.82. The normalized spacial score (nSPS) is 13.1. The number of benzene rings is 17. The fourth-order valence-electron chi connectivity index (χ4n) is 18.6. The van der Waals surface area contributed by atoms with Gasteiger partial charge in [0, 0.05) is 131 Å². The summed E-state index contributed by atoms with van der Waals surface area (Å²) in [5.74, 6) is 0. The van der Waals surface area contributed by atoms with Crippen molar-refractivity contribution in [3.8, 4) is 77.9 Å². The molecule has 0 saturated heterocycles. The van der Waals surface area contributed by atoms with Crippen molar-refractivity contribution in [3.05, 3.63) is 398 Å². The lowest BCUT2D eigenvalue weighted by Crippen LogP contribution is -2.17. The van der Waals surface area contributed by atoms with Crippen molar-refractivity contribution in [3.63, 3.8) is 0 Å². The second kappa shape index (κ2) is 27.0. The lowest BCUT2D eigenvalue weighted by Gasteiger charge is -2.30. The van der Waals surface area contributed by atoms with Crippen molar-refractivity contribution < 1.29 is 0 Å². The van der Waals surface area contributed by atoms with Crippen LogP contribution in [0.2, 0.25) is 0 Å². The fourth-order valence-corrected chi connectivity index (χ4v) is 23.6. The maximum absolute atomic E-state index is 2.50. The maximum Gasteiger partial charge on any atom is 0.0554 e. The van der Waals surface area contributed by atoms with E-state index in [2.05, 4.69) is 414 Å². The number of thiophene rings is 4. The van der Waals surface area contributed by atoms with Gasteiger partial charge in [-0.05, 0) is 180 Å². The Morgan fingerprint density at radius 2 is 0.500 bits per heavy atom. The third kappa shape index (κ3) is 11.0. The largest absolute Gasteiger partial charge is 0.310 e. The summed E-state index contributed by atoms with van der Waals surface area (Å²) >= 11 is 7.56. The molecule has 0 N–H and O–H groups in total. The van der Waals surface area contributed by atoms with E-state index in [1.54, 1.807) is 0 Å². The second-order valence-electron chi connectivity index (χ2n) is 31.3. The standard InChI is InChI=1S/C57H39NS2.C51H35NS2/c1-57(2)50-20-9-6-15-44(50)45-32-31-41(35-51(45)57)58(40-29-25-37(26-30-40)43-18-12-19-48-46-16-7-10-21-52(46)59-55(43)48)39-27-23-36(24-28-39)42-33-34-49-47-17-8-11-22-53(47)60-56(49)54(42)38-13-4-3-5-14-38;1-51(2)43-20-9-6-15-37(43)38-28-27-35(31-44(38)51)52(34-25-23-32(24-26-34)36-18-12-19-41-39-16-7-10-21-46(39)53-49(36)41)45-30-29-42-40-17-8-11-22-47(40)54-50(42)48(45)33-13-4-3-5-14-33/h3-35H,1-2H3;3-31H,1-2H3. The van der Waals surface area contributed by atoms with Crippen LogP contribution in [0.3, 0.4) is 0 Å². The van der Waals surface area contributed by atoms with Crippen molar-refractivity contribution in [2.75, 3.05) is 9.80 Å². The Kier molecular flexibility index (Phi) is 16.1. The highest BCUT2D eigenvalue weighted by Crippen LogP contribution is 2.56. The van der Waals surface area contributed by atoms with Crippen molar-refractivity contribution in [1.29, 1.82) is 0 Å². The number of hydrogen-bond acceptors (Lipinski definition) is 6. The molecule has 6 heteroatoms. The van der Waals surface area contributed by atoms with Crippen LogP contribution in [0.5, 0.6) is 0 Å². The van der Waals surface area contributed by atoms with Crippen molar-refractivity contribution in [1.82, 2.24) is 0 Å². The summed E-state index contributed by atoms with van der Waals surface area (Å²) in [4.78, 5) is 4.93. The minimum absolute atomic E-state index is 0.108. The van der Waals surface area contributed by atoms with Gasteiger partial charge in [0.1, 0.15) is 0 Å². The van der Waals surface area contributed by atoms with Crippen LogP contribution in [0.25, 0.3) is 159 Å². The first-order valence-electron chi connectivity index (χ1n) is 39.3. The van der Waals surface area contributed by atoms with Gasteiger partial charge in [-0.3, -0.25) is 0 Å². The van der Waals surface area contributed by atoms with Gasteiger partial charge in [0.15, 0.2) is 0 Å². The molecule has 0 amide bonds. The Morgan fingerprint density at radius 3 is 0.956 bits per heavy atom. The van der Waals surface area contributed by atoms with Crippen molar-refractivity contribution in [2.45, 2.75) is 38.5 Å². The van der Waals surface area contributed by atoms with E-state index in [0.29, 0.717) is 0 Å². The molecular formula is C108H74N2S4. The number of rotatable bonds is 11. The fraction of sp³-hybridized carbons (Fsp3) is 0.0556. The van der Waals surface area contributed by atoms with E-state index in [1.165, 1.54) is 187 Å². The molecule has 2 nitrogen and oxygen atoms in total. The smallest absolute Gasteiger partial charge is 0.0554 e. The molecule has 114 heavy (non-hydrogen) atoms. The molecule has 2 aliphatic rings. The predicted octanol–water partition coefficient (Wildman–Crippen LogP) is 32.7. The minimum Gasteiger partial charge on any atom is -0.310 e. The molecular weight excluding hydrogens is 1450 g/mol. The van der Waals surface area contributed by atoms with Gasteiger partial charge in [0.25, 0.3) is 0 Å². The summed E-state index contributed by atoms with van der Waals surface area (Å²) < 4.78 is 10.6. The monoisotopic (exact) mass is 1530 g/mol. The van der Waals surface area contributed by atoms with Crippen LogP contribution in [0, 0.1) is 0 Å². The quantitative estimate of drug-likeness (QED) is 0.127. The summed E-state index contributed by atoms with van der Waals surface area (Å²) in [6.45, 7) is 9.46. The van der Waals surface area contributed by atoms with Crippen LogP contribution in [-0.2, 0) is 10.8 Å². The van der Waals surface area contributed by atoms with Crippen LogP contribution in [0.15, 0.2) is 376 Å². The molecule has 540 valence electrons. The number of fused-ring (bicyclic) bond motifs is 18. The van der Waals surface area contributed by atoms with E-state index in [4.69, 9.17) is 0 Å². The summed E-state index contributed by atoms with van der Waals surface area (Å²) in [5, 5.41) is 10.5. The zero-order valence-electron chi connectivity index (χ0n) is 63.3. The molecule has 0 unspecified atom stereocenters. The van der Waals surface area contributed by atoms with Gasteiger partial charge in [-0.2, -0.15) is 0 Å². The van der Waals surface area contributed by atoms with E-state index >= 15 is 0 Å². The summed E-state index contributed by atoms with van der Waals surface area (Å²) in [7, 11) is 0. The maximum atomic E-state index is 2.50. The lowest BCUT2D eigenvalue weighted by molar-refractivity contribution is 0.660. The Labute approximate surface area is 679 Å². The molecule has 17 aromatic carbocycles. The first kappa shape index (κ1) is 68.1. The summed E-state index contributed by atoms with van der Waals surface area (Å²) in [6.07, 6.45) is 0. The molecule has 0 radical (unpaired) electrons.